The third kappa shape index (κ3) is 4.27. The zero-order chi connectivity index (χ0) is 18.6. The van der Waals surface area contributed by atoms with Gasteiger partial charge in [0.2, 0.25) is 5.13 Å². The van der Waals surface area contributed by atoms with E-state index in [1.54, 1.807) is 0 Å². The summed E-state index contributed by atoms with van der Waals surface area (Å²) in [5.41, 5.74) is 3.82. The highest BCUT2D eigenvalue weighted by Crippen LogP contribution is 2.25. The first-order chi connectivity index (χ1) is 13.2. The van der Waals surface area contributed by atoms with Gasteiger partial charge in [0.15, 0.2) is 0 Å². The average Bonchev–Trinajstić information content (AvgIpc) is 3.07. The molecule has 0 aliphatic heterocycles. The molecule has 27 heavy (non-hydrogen) atoms. The number of nitrogens with one attached hydrogen (secondary N) is 2. The fourth-order valence-corrected chi connectivity index (χ4v) is 3.29. The third-order valence-electron chi connectivity index (χ3n) is 3.82. The van der Waals surface area contributed by atoms with Crippen LogP contribution in [-0.2, 0) is 0 Å². The second kappa shape index (κ2) is 7.51. The van der Waals surface area contributed by atoms with Crippen molar-refractivity contribution < 1.29 is 0 Å². The van der Waals surface area contributed by atoms with Gasteiger partial charge in [-0.2, -0.15) is 0 Å². The fourth-order valence-electron chi connectivity index (χ4n) is 2.68. The molecule has 0 fully saturated rings. The second-order valence-corrected chi connectivity index (χ2v) is 7.19. The number of aromatic nitrogens is 4. The maximum atomic E-state index is 4.54. The molecule has 0 aliphatic rings. The van der Waals surface area contributed by atoms with Gasteiger partial charge in [-0.1, -0.05) is 47.7 Å². The molecule has 0 saturated heterocycles. The van der Waals surface area contributed by atoms with Crippen molar-refractivity contribution in [1.82, 2.24) is 20.2 Å². The van der Waals surface area contributed by atoms with Crippen LogP contribution in [0.4, 0.5) is 22.3 Å². The summed E-state index contributed by atoms with van der Waals surface area (Å²) in [5.74, 6) is 1.47. The third-order valence-corrected chi connectivity index (χ3v) is 4.57. The van der Waals surface area contributed by atoms with Gasteiger partial charge in [0, 0.05) is 23.0 Å². The molecule has 134 valence electrons. The molecule has 0 bridgehead atoms. The van der Waals surface area contributed by atoms with Gasteiger partial charge in [-0.15, -0.1) is 10.2 Å². The Morgan fingerprint density at radius 3 is 2.30 bits per heavy atom. The molecule has 2 aromatic heterocycles. The number of hydrogen-bond donors (Lipinski definition) is 2. The minimum absolute atomic E-state index is 0.720. The van der Waals surface area contributed by atoms with Crippen LogP contribution in [0.1, 0.15) is 10.8 Å². The number of rotatable bonds is 5. The van der Waals surface area contributed by atoms with Gasteiger partial charge in [0.25, 0.3) is 0 Å². The second-order valence-electron chi connectivity index (χ2n) is 6.01. The van der Waals surface area contributed by atoms with Crippen molar-refractivity contribution in [2.75, 3.05) is 10.6 Å². The summed E-state index contributed by atoms with van der Waals surface area (Å²) in [6.45, 7) is 3.83. The Hall–Kier alpha value is -3.32. The molecule has 6 nitrogen and oxygen atoms in total. The van der Waals surface area contributed by atoms with Crippen molar-refractivity contribution in [3.05, 3.63) is 71.5 Å². The monoisotopic (exact) mass is 374 g/mol. The maximum Gasteiger partial charge on any atom is 0.210 e. The molecule has 2 heterocycles. The van der Waals surface area contributed by atoms with Crippen LogP contribution in [0.2, 0.25) is 0 Å². The summed E-state index contributed by atoms with van der Waals surface area (Å²) in [6, 6.07) is 20.0. The van der Waals surface area contributed by atoms with E-state index >= 15 is 0 Å². The lowest BCUT2D eigenvalue weighted by molar-refractivity contribution is 1.05. The maximum absolute atomic E-state index is 4.54. The molecule has 0 spiro atoms. The summed E-state index contributed by atoms with van der Waals surface area (Å²) in [5, 5.41) is 16.5. The predicted octanol–water partition coefficient (Wildman–Crippen LogP) is 5.10. The summed E-state index contributed by atoms with van der Waals surface area (Å²) < 4.78 is 0. The van der Waals surface area contributed by atoms with E-state index < -0.39 is 0 Å². The zero-order valence-electron chi connectivity index (χ0n) is 15.0. The van der Waals surface area contributed by atoms with Crippen LogP contribution in [0, 0.1) is 13.8 Å². The first kappa shape index (κ1) is 17.1. The molecule has 0 atom stereocenters. The van der Waals surface area contributed by atoms with Gasteiger partial charge >= 0.3 is 0 Å². The van der Waals surface area contributed by atoms with Crippen molar-refractivity contribution in [2.24, 2.45) is 0 Å². The van der Waals surface area contributed by atoms with E-state index in [1.165, 1.54) is 11.3 Å². The molecule has 0 radical (unpaired) electrons. The Kier molecular flexibility index (Phi) is 4.76. The van der Waals surface area contributed by atoms with Gasteiger partial charge in [-0.05, 0) is 32.0 Å². The number of hydrogen-bond acceptors (Lipinski definition) is 7. The molecule has 7 heteroatoms. The molecular weight excluding hydrogens is 356 g/mol. The van der Waals surface area contributed by atoms with Crippen LogP contribution in [-0.4, -0.2) is 20.2 Å². The van der Waals surface area contributed by atoms with Gasteiger partial charge < -0.3 is 10.6 Å². The van der Waals surface area contributed by atoms with Crippen LogP contribution in [0.3, 0.4) is 0 Å². The summed E-state index contributed by atoms with van der Waals surface area (Å²) >= 11 is 1.52. The van der Waals surface area contributed by atoms with Gasteiger partial charge in [0.05, 0.1) is 5.69 Å². The Bertz CT molecular complexity index is 1060. The first-order valence-electron chi connectivity index (χ1n) is 8.51. The number of aryl methyl sites for hydroxylation is 2. The topological polar surface area (TPSA) is 75.6 Å². The lowest BCUT2D eigenvalue weighted by Crippen LogP contribution is -1.99. The summed E-state index contributed by atoms with van der Waals surface area (Å²) in [6.07, 6.45) is 0. The lowest BCUT2D eigenvalue weighted by atomic mass is 10.1. The van der Waals surface area contributed by atoms with E-state index in [9.17, 15) is 0 Å². The standard InChI is InChI=1S/C20H18N6S/c1-13-21-18(15-7-4-3-5-8-15)12-19(22-13)23-16-9-6-10-17(11-16)24-20-26-25-14(2)27-20/h3-12H,1-2H3,(H,24,26)(H,21,22,23). The number of benzene rings is 2. The highest BCUT2D eigenvalue weighted by Gasteiger charge is 2.06. The Morgan fingerprint density at radius 1 is 0.778 bits per heavy atom. The molecular formula is C20H18N6S. The molecule has 4 aromatic rings. The normalized spacial score (nSPS) is 10.6. The average molecular weight is 374 g/mol. The predicted molar refractivity (Wildman–Crippen MR) is 110 cm³/mol. The molecule has 0 saturated carbocycles. The number of nitrogens with zero attached hydrogens (tertiary/aromatic N) is 4. The van der Waals surface area contributed by atoms with Crippen molar-refractivity contribution in [3.63, 3.8) is 0 Å². The SMILES string of the molecule is Cc1nc(Nc2cccc(Nc3nnc(C)s3)c2)cc(-c2ccccc2)n1. The molecule has 0 amide bonds. The van der Waals surface area contributed by atoms with Crippen LogP contribution < -0.4 is 10.6 Å². The highest BCUT2D eigenvalue weighted by atomic mass is 32.1. The molecule has 4 rings (SSSR count). The Balaban J connectivity index is 1.57. The number of anilines is 4. The van der Waals surface area contributed by atoms with Crippen molar-refractivity contribution in [1.29, 1.82) is 0 Å². The van der Waals surface area contributed by atoms with Gasteiger partial charge in [0.1, 0.15) is 16.6 Å². The highest BCUT2D eigenvalue weighted by molar-refractivity contribution is 7.15. The minimum atomic E-state index is 0.720. The Labute approximate surface area is 161 Å². The molecule has 0 aliphatic carbocycles. The first-order valence-corrected chi connectivity index (χ1v) is 9.33. The smallest absolute Gasteiger partial charge is 0.210 e. The van der Waals surface area contributed by atoms with E-state index in [0.717, 1.165) is 44.4 Å². The van der Waals surface area contributed by atoms with Crippen molar-refractivity contribution in [2.45, 2.75) is 13.8 Å². The lowest BCUT2D eigenvalue weighted by Gasteiger charge is -2.10. The fraction of sp³-hybridized carbons (Fsp3) is 0.100. The van der Waals surface area contributed by atoms with Crippen LogP contribution in [0.5, 0.6) is 0 Å². The minimum Gasteiger partial charge on any atom is -0.340 e. The zero-order valence-corrected chi connectivity index (χ0v) is 15.8. The summed E-state index contributed by atoms with van der Waals surface area (Å²) in [4.78, 5) is 9.05. The van der Waals surface area contributed by atoms with E-state index in [4.69, 9.17) is 0 Å². The van der Waals surface area contributed by atoms with E-state index in [2.05, 4.69) is 30.8 Å². The van der Waals surface area contributed by atoms with Crippen LogP contribution >= 0.6 is 11.3 Å². The molecule has 0 unspecified atom stereocenters. The van der Waals surface area contributed by atoms with E-state index in [0.29, 0.717) is 0 Å². The van der Waals surface area contributed by atoms with Gasteiger partial charge in [-0.3, -0.25) is 0 Å². The van der Waals surface area contributed by atoms with E-state index in [1.807, 2.05) is 74.5 Å². The largest absolute Gasteiger partial charge is 0.340 e. The quantitative estimate of drug-likeness (QED) is 0.506. The Morgan fingerprint density at radius 2 is 1.56 bits per heavy atom. The van der Waals surface area contributed by atoms with Crippen LogP contribution in [0.25, 0.3) is 11.3 Å². The summed E-state index contributed by atoms with van der Waals surface area (Å²) in [7, 11) is 0. The molecule has 2 N–H and O–H groups in total. The van der Waals surface area contributed by atoms with E-state index in [-0.39, 0.29) is 0 Å². The van der Waals surface area contributed by atoms with Gasteiger partial charge in [-0.25, -0.2) is 9.97 Å². The molecule has 2 aromatic carbocycles. The van der Waals surface area contributed by atoms with Crippen molar-refractivity contribution in [3.8, 4) is 11.3 Å². The van der Waals surface area contributed by atoms with Crippen LogP contribution in [0.15, 0.2) is 60.7 Å². The van der Waals surface area contributed by atoms with Crippen molar-refractivity contribution >= 4 is 33.7 Å².